The van der Waals surface area contributed by atoms with Gasteiger partial charge in [-0.25, -0.2) is 18.7 Å². The zero-order valence-corrected chi connectivity index (χ0v) is 28.3. The standard InChI is InChI=1S/C39H34F2N8O3/c1-23-30-17-28(18-32(41)38(30)47-46-23)43-39(50)26-7-8-34-35(16-26)49(20-29-11-14-51-29)36(44-34)21-48-12-9-25(10-13-48)33-3-2-4-37(45-33)52-22-27-6-5-24(19-42)15-31(27)40/h2-9,15-18,29H,10-14,20-22H2,1H3,(H,43,50)(H,46,47). The summed E-state index contributed by atoms with van der Waals surface area (Å²) in [6, 6.07) is 20.2. The summed E-state index contributed by atoms with van der Waals surface area (Å²) in [6.45, 7) is 5.22. The number of aromatic amines is 1. The SMILES string of the molecule is Cc1[nH]nc2c(F)cc(NC(=O)c3ccc4nc(CN5CC=C(c6cccc(OCc7ccc(C#N)cc7F)n6)CC5)n(CC5CCO5)c4c3)cc12. The molecule has 262 valence electrons. The van der Waals surface area contributed by atoms with E-state index in [2.05, 4.69) is 36.0 Å². The van der Waals surface area contributed by atoms with Gasteiger partial charge in [0.2, 0.25) is 5.88 Å². The van der Waals surface area contributed by atoms with Gasteiger partial charge in [0.05, 0.1) is 47.6 Å². The highest BCUT2D eigenvalue weighted by Crippen LogP contribution is 2.28. The van der Waals surface area contributed by atoms with Crippen molar-refractivity contribution < 1.29 is 23.0 Å². The molecule has 2 N–H and O–H groups in total. The Hall–Kier alpha value is -5.97. The second-order valence-electron chi connectivity index (χ2n) is 13.1. The van der Waals surface area contributed by atoms with Gasteiger partial charge in [-0.05, 0) is 73.9 Å². The largest absolute Gasteiger partial charge is 0.473 e. The van der Waals surface area contributed by atoms with E-state index in [9.17, 15) is 13.6 Å². The lowest BCUT2D eigenvalue weighted by atomic mass is 10.0. The Labute approximate surface area is 297 Å². The Kier molecular flexibility index (Phi) is 8.92. The molecule has 1 atom stereocenters. The van der Waals surface area contributed by atoms with Crippen LogP contribution in [0.2, 0.25) is 0 Å². The van der Waals surface area contributed by atoms with Crippen molar-refractivity contribution in [3.05, 3.63) is 118 Å². The molecule has 13 heteroatoms. The number of hydrogen-bond acceptors (Lipinski definition) is 8. The maximum absolute atomic E-state index is 14.7. The maximum atomic E-state index is 14.7. The molecule has 5 heterocycles. The van der Waals surface area contributed by atoms with Crippen molar-refractivity contribution in [1.29, 1.82) is 5.26 Å². The first-order valence-corrected chi connectivity index (χ1v) is 17.1. The van der Waals surface area contributed by atoms with Gasteiger partial charge < -0.3 is 19.4 Å². The third-order valence-corrected chi connectivity index (χ3v) is 9.60. The molecule has 0 radical (unpaired) electrons. The van der Waals surface area contributed by atoms with Gasteiger partial charge in [-0.15, -0.1) is 0 Å². The van der Waals surface area contributed by atoms with Crippen LogP contribution in [0.15, 0.2) is 72.8 Å². The predicted octanol–water partition coefficient (Wildman–Crippen LogP) is 6.68. The van der Waals surface area contributed by atoms with Crippen molar-refractivity contribution in [3.8, 4) is 11.9 Å². The Morgan fingerprint density at radius 1 is 1.12 bits per heavy atom. The summed E-state index contributed by atoms with van der Waals surface area (Å²) < 4.78 is 42.8. The number of imidazole rings is 1. The van der Waals surface area contributed by atoms with E-state index < -0.39 is 11.6 Å². The number of hydrogen-bond donors (Lipinski definition) is 2. The quantitative estimate of drug-likeness (QED) is 0.162. The van der Waals surface area contributed by atoms with E-state index >= 15 is 0 Å². The first kappa shape index (κ1) is 33.2. The van der Waals surface area contributed by atoms with Crippen LogP contribution in [0.3, 0.4) is 0 Å². The molecule has 2 aliphatic rings. The minimum absolute atomic E-state index is 0.00185. The first-order valence-electron chi connectivity index (χ1n) is 17.1. The number of anilines is 1. The average Bonchev–Trinajstić information content (AvgIpc) is 3.68. The lowest BCUT2D eigenvalue weighted by Gasteiger charge is -2.29. The van der Waals surface area contributed by atoms with Gasteiger partial charge in [-0.2, -0.15) is 10.4 Å². The normalized spacial score (nSPS) is 16.0. The highest BCUT2D eigenvalue weighted by atomic mass is 19.1. The fourth-order valence-electron chi connectivity index (χ4n) is 6.59. The molecule has 1 saturated heterocycles. The monoisotopic (exact) mass is 700 g/mol. The Bertz CT molecular complexity index is 2410. The molecule has 0 saturated carbocycles. The van der Waals surface area contributed by atoms with E-state index in [1.165, 1.54) is 12.1 Å². The van der Waals surface area contributed by atoms with Crippen LogP contribution >= 0.6 is 0 Å². The molecule has 1 fully saturated rings. The molecule has 3 aromatic carbocycles. The number of rotatable bonds is 10. The van der Waals surface area contributed by atoms with Crippen molar-refractivity contribution in [3.63, 3.8) is 0 Å². The van der Waals surface area contributed by atoms with Crippen molar-refractivity contribution >= 4 is 39.1 Å². The number of aromatic nitrogens is 5. The number of pyridine rings is 1. The van der Waals surface area contributed by atoms with Gasteiger partial charge in [0.25, 0.3) is 5.91 Å². The fourth-order valence-corrected chi connectivity index (χ4v) is 6.59. The molecular weight excluding hydrogens is 666 g/mol. The fraction of sp³-hybridized carbons (Fsp3) is 0.256. The van der Waals surface area contributed by atoms with Crippen LogP contribution in [0.25, 0.3) is 27.5 Å². The van der Waals surface area contributed by atoms with Crippen molar-refractivity contribution in [2.75, 3.05) is 25.0 Å². The summed E-state index contributed by atoms with van der Waals surface area (Å²) in [5.41, 5.74) is 5.86. The zero-order valence-electron chi connectivity index (χ0n) is 28.3. The molecule has 2 aliphatic heterocycles. The number of aryl methyl sites for hydroxylation is 1. The number of halogens is 2. The molecule has 0 bridgehead atoms. The first-order chi connectivity index (χ1) is 25.3. The summed E-state index contributed by atoms with van der Waals surface area (Å²) in [5.74, 6) is -0.0766. The summed E-state index contributed by atoms with van der Waals surface area (Å²) in [5, 5.41) is 19.2. The van der Waals surface area contributed by atoms with Crippen LogP contribution in [0, 0.1) is 29.9 Å². The molecular formula is C39H34F2N8O3. The minimum atomic E-state index is -0.511. The minimum Gasteiger partial charge on any atom is -0.473 e. The van der Waals surface area contributed by atoms with Crippen LogP contribution in [0.5, 0.6) is 5.88 Å². The number of fused-ring (bicyclic) bond motifs is 2. The number of nitriles is 1. The molecule has 1 unspecified atom stereocenters. The number of carbonyl (C=O) groups excluding carboxylic acids is 1. The Morgan fingerprint density at radius 3 is 2.77 bits per heavy atom. The number of nitrogens with one attached hydrogen (secondary N) is 2. The highest BCUT2D eigenvalue weighted by molar-refractivity contribution is 6.06. The van der Waals surface area contributed by atoms with Crippen LogP contribution in [-0.2, 0) is 24.4 Å². The molecule has 52 heavy (non-hydrogen) atoms. The zero-order chi connectivity index (χ0) is 35.8. The molecule has 1 amide bonds. The second-order valence-corrected chi connectivity index (χ2v) is 13.1. The number of amides is 1. The van der Waals surface area contributed by atoms with Gasteiger partial charge in [-0.3, -0.25) is 14.8 Å². The highest BCUT2D eigenvalue weighted by Gasteiger charge is 2.24. The van der Waals surface area contributed by atoms with Crippen LogP contribution in [-0.4, -0.2) is 61.3 Å². The molecule has 0 spiro atoms. The Balaban J connectivity index is 0.969. The number of H-pyrrole nitrogens is 1. The van der Waals surface area contributed by atoms with Crippen molar-refractivity contribution in [2.24, 2.45) is 0 Å². The summed E-state index contributed by atoms with van der Waals surface area (Å²) >= 11 is 0. The third kappa shape index (κ3) is 6.73. The van der Waals surface area contributed by atoms with Gasteiger partial charge in [0.15, 0.2) is 5.82 Å². The number of ether oxygens (including phenoxy) is 2. The summed E-state index contributed by atoms with van der Waals surface area (Å²) in [4.78, 5) is 25.4. The number of benzene rings is 3. The van der Waals surface area contributed by atoms with Crippen molar-refractivity contribution in [1.82, 2.24) is 29.6 Å². The van der Waals surface area contributed by atoms with E-state index in [1.807, 2.05) is 30.3 Å². The van der Waals surface area contributed by atoms with Crippen molar-refractivity contribution in [2.45, 2.75) is 45.6 Å². The lowest BCUT2D eigenvalue weighted by Crippen LogP contribution is -2.33. The van der Waals surface area contributed by atoms with Crippen LogP contribution < -0.4 is 10.1 Å². The van der Waals surface area contributed by atoms with E-state index in [4.69, 9.17) is 19.7 Å². The second kappa shape index (κ2) is 14.0. The van der Waals surface area contributed by atoms with E-state index in [-0.39, 0.29) is 29.7 Å². The van der Waals surface area contributed by atoms with Gasteiger partial charge in [0.1, 0.15) is 23.8 Å². The van der Waals surface area contributed by atoms with E-state index in [0.29, 0.717) is 53.4 Å². The molecule has 3 aromatic heterocycles. The molecule has 8 rings (SSSR count). The molecule has 0 aliphatic carbocycles. The molecule has 6 aromatic rings. The van der Waals surface area contributed by atoms with E-state index in [0.717, 1.165) is 54.1 Å². The number of nitrogens with zero attached hydrogens (tertiary/aromatic N) is 6. The number of carbonyl (C=O) groups is 1. The predicted molar refractivity (Wildman–Crippen MR) is 190 cm³/mol. The maximum Gasteiger partial charge on any atom is 0.255 e. The third-order valence-electron chi connectivity index (χ3n) is 9.60. The summed E-state index contributed by atoms with van der Waals surface area (Å²) in [6.07, 6.45) is 3.95. The van der Waals surface area contributed by atoms with Gasteiger partial charge >= 0.3 is 0 Å². The van der Waals surface area contributed by atoms with Gasteiger partial charge in [-0.1, -0.05) is 18.2 Å². The molecule has 11 nitrogen and oxygen atoms in total. The lowest BCUT2D eigenvalue weighted by molar-refractivity contribution is -0.0591. The van der Waals surface area contributed by atoms with Crippen LogP contribution in [0.1, 0.15) is 51.5 Å². The van der Waals surface area contributed by atoms with Crippen LogP contribution in [0.4, 0.5) is 14.5 Å². The topological polar surface area (TPSA) is 134 Å². The van der Waals surface area contributed by atoms with E-state index in [1.54, 1.807) is 37.3 Å². The van der Waals surface area contributed by atoms with Gasteiger partial charge in [0, 0.05) is 53.7 Å². The average molecular weight is 701 g/mol. The smallest absolute Gasteiger partial charge is 0.255 e. The Morgan fingerprint density at radius 2 is 2.00 bits per heavy atom. The summed E-state index contributed by atoms with van der Waals surface area (Å²) in [7, 11) is 0.